The van der Waals surface area contributed by atoms with Crippen LogP contribution in [0.4, 0.5) is 0 Å². The third-order valence-corrected chi connectivity index (χ3v) is 3.75. The Balaban J connectivity index is 2.11. The summed E-state index contributed by atoms with van der Waals surface area (Å²) in [5.41, 5.74) is -0.905. The van der Waals surface area contributed by atoms with Gasteiger partial charge in [0.05, 0.1) is 6.61 Å². The molecule has 2 bridgehead atoms. The summed E-state index contributed by atoms with van der Waals surface area (Å²) < 4.78 is 5.50. The Morgan fingerprint density at radius 3 is 2.79 bits per heavy atom. The van der Waals surface area contributed by atoms with Gasteiger partial charge >= 0.3 is 5.97 Å². The third kappa shape index (κ3) is 1.43. The van der Waals surface area contributed by atoms with Gasteiger partial charge in [0.25, 0.3) is 0 Å². The van der Waals surface area contributed by atoms with Crippen LogP contribution in [0, 0.1) is 11.8 Å². The van der Waals surface area contributed by atoms with Gasteiger partial charge in [-0.3, -0.25) is 0 Å². The Hall–Kier alpha value is -0.280. The zero-order valence-electron chi connectivity index (χ0n) is 8.04. The van der Waals surface area contributed by atoms with Crippen LogP contribution in [0.3, 0.4) is 0 Å². The number of hydrogen-bond acceptors (Lipinski definition) is 2. The average Bonchev–Trinajstić information content (AvgIpc) is 2.74. The average molecular weight is 219 g/mol. The number of halogens is 1. The van der Waals surface area contributed by atoms with E-state index in [0.717, 1.165) is 12.8 Å². The summed E-state index contributed by atoms with van der Waals surface area (Å²) in [4.78, 5) is 11.3. The number of hydrogen-bond donors (Lipinski definition) is 1. The van der Waals surface area contributed by atoms with E-state index >= 15 is 0 Å². The predicted octanol–water partition coefficient (Wildman–Crippen LogP) is 1.89. The van der Waals surface area contributed by atoms with Crippen LogP contribution in [0.15, 0.2) is 0 Å². The number of rotatable bonds is 4. The lowest BCUT2D eigenvalue weighted by atomic mass is 9.84. The van der Waals surface area contributed by atoms with Gasteiger partial charge in [0.2, 0.25) is 0 Å². The van der Waals surface area contributed by atoms with Crippen molar-refractivity contribution in [2.45, 2.75) is 31.3 Å². The fourth-order valence-electron chi connectivity index (χ4n) is 3.00. The molecule has 0 radical (unpaired) electrons. The molecule has 3 atom stereocenters. The molecule has 0 heterocycles. The van der Waals surface area contributed by atoms with Gasteiger partial charge in [0.1, 0.15) is 0 Å². The minimum atomic E-state index is -0.905. The molecule has 2 aliphatic rings. The molecule has 0 spiro atoms. The van der Waals surface area contributed by atoms with Crippen molar-refractivity contribution in [1.82, 2.24) is 0 Å². The van der Waals surface area contributed by atoms with Crippen LogP contribution < -0.4 is 0 Å². The van der Waals surface area contributed by atoms with Crippen LogP contribution in [-0.4, -0.2) is 29.2 Å². The molecule has 0 amide bonds. The molecule has 2 fully saturated rings. The van der Waals surface area contributed by atoms with Gasteiger partial charge in [-0.15, -0.1) is 11.6 Å². The van der Waals surface area contributed by atoms with E-state index in [-0.39, 0.29) is 5.92 Å². The molecular formula is C10H15ClO3. The van der Waals surface area contributed by atoms with Crippen LogP contribution >= 0.6 is 11.6 Å². The van der Waals surface area contributed by atoms with Crippen molar-refractivity contribution < 1.29 is 14.6 Å². The highest BCUT2D eigenvalue weighted by Gasteiger charge is 2.56. The van der Waals surface area contributed by atoms with E-state index in [1.54, 1.807) is 0 Å². The summed E-state index contributed by atoms with van der Waals surface area (Å²) in [6, 6.07) is 0. The monoisotopic (exact) mass is 218 g/mol. The second-order valence-electron chi connectivity index (χ2n) is 4.31. The lowest BCUT2D eigenvalue weighted by molar-refractivity contribution is -0.173. The molecule has 2 aliphatic carbocycles. The maximum atomic E-state index is 11.3. The minimum Gasteiger partial charge on any atom is -0.479 e. The lowest BCUT2D eigenvalue weighted by Crippen LogP contribution is -2.46. The molecule has 3 nitrogen and oxygen atoms in total. The zero-order valence-corrected chi connectivity index (χ0v) is 8.79. The van der Waals surface area contributed by atoms with Gasteiger partial charge in [-0.1, -0.05) is 0 Å². The van der Waals surface area contributed by atoms with Crippen molar-refractivity contribution in [2.24, 2.45) is 11.8 Å². The topological polar surface area (TPSA) is 46.5 Å². The van der Waals surface area contributed by atoms with E-state index < -0.39 is 11.6 Å². The number of aliphatic carboxylic acids is 1. The highest BCUT2D eigenvalue weighted by Crippen LogP contribution is 2.52. The van der Waals surface area contributed by atoms with Crippen LogP contribution in [0.5, 0.6) is 0 Å². The Morgan fingerprint density at radius 2 is 2.36 bits per heavy atom. The highest BCUT2D eigenvalue weighted by molar-refractivity contribution is 6.18. The molecule has 80 valence electrons. The number of alkyl halides is 1. The van der Waals surface area contributed by atoms with Gasteiger partial charge in [-0.2, -0.15) is 0 Å². The van der Waals surface area contributed by atoms with Gasteiger partial charge < -0.3 is 9.84 Å². The van der Waals surface area contributed by atoms with Crippen molar-refractivity contribution in [3.05, 3.63) is 0 Å². The molecule has 3 unspecified atom stereocenters. The molecule has 0 saturated heterocycles. The molecule has 0 aliphatic heterocycles. The van der Waals surface area contributed by atoms with Gasteiger partial charge in [0.15, 0.2) is 5.60 Å². The summed E-state index contributed by atoms with van der Waals surface area (Å²) in [7, 11) is 0. The van der Waals surface area contributed by atoms with E-state index in [4.69, 9.17) is 16.3 Å². The van der Waals surface area contributed by atoms with Crippen molar-refractivity contribution >= 4 is 17.6 Å². The molecule has 0 aromatic carbocycles. The summed E-state index contributed by atoms with van der Waals surface area (Å²) in [5, 5.41) is 9.24. The number of carboxylic acid groups (broad SMARTS) is 1. The minimum absolute atomic E-state index is 0.216. The molecule has 14 heavy (non-hydrogen) atoms. The van der Waals surface area contributed by atoms with E-state index in [9.17, 15) is 9.90 Å². The Bertz CT molecular complexity index is 244. The summed E-state index contributed by atoms with van der Waals surface area (Å²) in [6.45, 7) is 0.344. The zero-order chi connectivity index (χ0) is 10.2. The van der Waals surface area contributed by atoms with Crippen LogP contribution in [0.1, 0.15) is 25.7 Å². The first-order valence-electron chi connectivity index (χ1n) is 5.12. The normalized spacial score (nSPS) is 40.4. The molecule has 1 N–H and O–H groups in total. The summed E-state index contributed by atoms with van der Waals surface area (Å²) in [5.74, 6) is 0.348. The van der Waals surface area contributed by atoms with Crippen molar-refractivity contribution in [3.8, 4) is 0 Å². The Labute approximate surface area is 88.4 Å². The van der Waals surface area contributed by atoms with Crippen molar-refractivity contribution in [3.63, 3.8) is 0 Å². The number of carbonyl (C=O) groups is 1. The van der Waals surface area contributed by atoms with Gasteiger partial charge in [0, 0.05) is 5.88 Å². The van der Waals surface area contributed by atoms with Crippen LogP contribution in [0.2, 0.25) is 0 Å². The highest BCUT2D eigenvalue weighted by atomic mass is 35.5. The Morgan fingerprint density at radius 1 is 1.57 bits per heavy atom. The Kier molecular flexibility index (Phi) is 2.71. The van der Waals surface area contributed by atoms with Crippen LogP contribution in [-0.2, 0) is 9.53 Å². The molecular weight excluding hydrogens is 204 g/mol. The van der Waals surface area contributed by atoms with Gasteiger partial charge in [-0.25, -0.2) is 4.79 Å². The maximum absolute atomic E-state index is 11.3. The second-order valence-corrected chi connectivity index (χ2v) is 4.69. The van der Waals surface area contributed by atoms with E-state index in [1.807, 2.05) is 0 Å². The first-order valence-corrected chi connectivity index (χ1v) is 5.66. The quantitative estimate of drug-likeness (QED) is 0.733. The summed E-state index contributed by atoms with van der Waals surface area (Å²) in [6.07, 6.45) is 3.88. The third-order valence-electron chi connectivity index (χ3n) is 3.59. The standard InChI is InChI=1S/C10H15ClO3/c11-3-4-14-10(9(12)13)6-7-1-2-8(10)5-7/h7-8H,1-6H2,(H,12,13). The number of carboxylic acids is 1. The van der Waals surface area contributed by atoms with E-state index in [2.05, 4.69) is 0 Å². The van der Waals surface area contributed by atoms with Crippen LogP contribution in [0.25, 0.3) is 0 Å². The maximum Gasteiger partial charge on any atom is 0.336 e. The molecule has 2 saturated carbocycles. The second kappa shape index (κ2) is 3.70. The van der Waals surface area contributed by atoms with E-state index in [0.29, 0.717) is 24.8 Å². The summed E-state index contributed by atoms with van der Waals surface area (Å²) >= 11 is 5.53. The van der Waals surface area contributed by atoms with Crippen molar-refractivity contribution in [1.29, 1.82) is 0 Å². The van der Waals surface area contributed by atoms with Gasteiger partial charge in [-0.05, 0) is 37.5 Å². The molecule has 2 rings (SSSR count). The first-order chi connectivity index (χ1) is 6.69. The molecule has 0 aromatic rings. The fraction of sp³-hybridized carbons (Fsp3) is 0.900. The predicted molar refractivity (Wildman–Crippen MR) is 52.5 cm³/mol. The van der Waals surface area contributed by atoms with E-state index in [1.165, 1.54) is 6.42 Å². The number of ether oxygens (including phenoxy) is 1. The fourth-order valence-corrected chi connectivity index (χ4v) is 3.08. The SMILES string of the molecule is O=C(O)C1(OCCCl)CC2CCC1C2. The largest absolute Gasteiger partial charge is 0.479 e. The number of fused-ring (bicyclic) bond motifs is 2. The lowest BCUT2D eigenvalue weighted by Gasteiger charge is -2.33. The molecule has 4 heteroatoms. The molecule has 0 aromatic heterocycles. The smallest absolute Gasteiger partial charge is 0.336 e. The van der Waals surface area contributed by atoms with Crippen molar-refractivity contribution in [2.75, 3.05) is 12.5 Å². The first kappa shape index (κ1) is 10.2.